The highest BCUT2D eigenvalue weighted by Crippen LogP contribution is 2.45. The zero-order valence-electron chi connectivity index (χ0n) is 7.47. The van der Waals surface area contributed by atoms with Crippen molar-refractivity contribution in [2.45, 2.75) is 6.61 Å². The van der Waals surface area contributed by atoms with Gasteiger partial charge in [-0.25, -0.2) is 0 Å². The highest BCUT2D eigenvalue weighted by molar-refractivity contribution is 7.55. The van der Waals surface area contributed by atoms with Crippen LogP contribution in [0.2, 0.25) is 0 Å². The Kier molecular flexibility index (Phi) is 3.67. The highest BCUT2D eigenvalue weighted by Gasteiger charge is 2.13. The van der Waals surface area contributed by atoms with E-state index in [-0.39, 0.29) is 6.61 Å². The van der Waals surface area contributed by atoms with Gasteiger partial charge in [-0.15, -0.1) is 0 Å². The molecule has 1 radical (unpaired) electrons. The molecule has 0 fully saturated rings. The summed E-state index contributed by atoms with van der Waals surface area (Å²) in [6.07, 6.45) is 0. The third-order valence-corrected chi connectivity index (χ3v) is 2.63. The lowest BCUT2D eigenvalue weighted by atomic mass is 10.2. The molecule has 0 aliphatic heterocycles. The molecule has 1 unspecified atom stereocenters. The smallest absolute Gasteiger partial charge is 0.312 e. The number of benzene rings is 1. The second-order valence-electron chi connectivity index (χ2n) is 2.55. The molecule has 1 aromatic carbocycles. The molecular formula is C9H12O3P. The van der Waals surface area contributed by atoms with Crippen molar-refractivity contribution in [1.82, 2.24) is 0 Å². The molecule has 0 saturated carbocycles. The SMILES string of the molecule is [CH2]P(=O)(OC)OCc1ccccc1. The van der Waals surface area contributed by atoms with E-state index in [1.165, 1.54) is 7.11 Å². The van der Waals surface area contributed by atoms with Gasteiger partial charge in [0.2, 0.25) is 0 Å². The molecule has 0 spiro atoms. The Balaban J connectivity index is 2.49. The summed E-state index contributed by atoms with van der Waals surface area (Å²) < 4.78 is 20.8. The van der Waals surface area contributed by atoms with Crippen molar-refractivity contribution in [2.24, 2.45) is 0 Å². The highest BCUT2D eigenvalue weighted by atomic mass is 31.2. The van der Waals surface area contributed by atoms with Crippen molar-refractivity contribution in [1.29, 1.82) is 0 Å². The average Bonchev–Trinajstić information content (AvgIpc) is 2.17. The zero-order valence-corrected chi connectivity index (χ0v) is 8.37. The molecule has 71 valence electrons. The van der Waals surface area contributed by atoms with Crippen LogP contribution in [0.4, 0.5) is 0 Å². The molecule has 1 rings (SSSR count). The van der Waals surface area contributed by atoms with Gasteiger partial charge in [0, 0.05) is 7.11 Å². The van der Waals surface area contributed by atoms with Gasteiger partial charge >= 0.3 is 7.60 Å². The summed E-state index contributed by atoms with van der Waals surface area (Å²) >= 11 is 0. The van der Waals surface area contributed by atoms with Gasteiger partial charge in [0.05, 0.1) is 13.3 Å². The third kappa shape index (κ3) is 3.73. The van der Waals surface area contributed by atoms with E-state index in [9.17, 15) is 4.57 Å². The number of hydrogen-bond donors (Lipinski definition) is 0. The van der Waals surface area contributed by atoms with Gasteiger partial charge in [-0.3, -0.25) is 4.57 Å². The fourth-order valence-corrected chi connectivity index (χ4v) is 1.25. The maximum atomic E-state index is 11.2. The molecule has 0 aliphatic carbocycles. The number of rotatable bonds is 4. The van der Waals surface area contributed by atoms with Crippen LogP contribution in [0.15, 0.2) is 30.3 Å². The maximum absolute atomic E-state index is 11.2. The van der Waals surface area contributed by atoms with Crippen LogP contribution < -0.4 is 0 Å². The van der Waals surface area contributed by atoms with Crippen LogP contribution in [-0.4, -0.2) is 7.11 Å². The van der Waals surface area contributed by atoms with Gasteiger partial charge in [-0.2, -0.15) is 0 Å². The molecule has 13 heavy (non-hydrogen) atoms. The van der Waals surface area contributed by atoms with Crippen molar-refractivity contribution < 1.29 is 13.6 Å². The Morgan fingerprint density at radius 2 is 2.00 bits per heavy atom. The first kappa shape index (κ1) is 10.5. The predicted molar refractivity (Wildman–Crippen MR) is 51.2 cm³/mol. The van der Waals surface area contributed by atoms with Crippen molar-refractivity contribution in [3.8, 4) is 0 Å². The Morgan fingerprint density at radius 3 is 2.54 bits per heavy atom. The molecular weight excluding hydrogens is 187 g/mol. The standard InChI is InChI=1S/C9H12O3P/c1-11-13(2,10)12-8-9-6-4-3-5-7-9/h3-7H,2,8H2,1H3. The zero-order chi connectivity index (χ0) is 9.73. The Hall–Kier alpha value is -0.630. The summed E-state index contributed by atoms with van der Waals surface area (Å²) in [5.41, 5.74) is 0.948. The summed E-state index contributed by atoms with van der Waals surface area (Å²) in [5, 5.41) is 0. The van der Waals surface area contributed by atoms with E-state index in [0.29, 0.717) is 0 Å². The minimum Gasteiger partial charge on any atom is -0.312 e. The first-order valence-corrected chi connectivity index (χ1v) is 5.55. The number of hydrogen-bond acceptors (Lipinski definition) is 3. The van der Waals surface area contributed by atoms with E-state index in [0.717, 1.165) is 5.56 Å². The normalized spacial score (nSPS) is 15.2. The van der Waals surface area contributed by atoms with Crippen molar-refractivity contribution in [2.75, 3.05) is 7.11 Å². The molecule has 0 aromatic heterocycles. The second kappa shape index (κ2) is 4.56. The Morgan fingerprint density at radius 1 is 1.38 bits per heavy atom. The van der Waals surface area contributed by atoms with Crippen molar-refractivity contribution in [3.63, 3.8) is 0 Å². The van der Waals surface area contributed by atoms with E-state index in [2.05, 4.69) is 11.2 Å². The molecule has 0 bridgehead atoms. The van der Waals surface area contributed by atoms with Crippen LogP contribution in [0, 0.1) is 6.66 Å². The van der Waals surface area contributed by atoms with Gasteiger partial charge in [0.15, 0.2) is 0 Å². The Bertz CT molecular complexity index is 297. The largest absolute Gasteiger partial charge is 0.331 e. The predicted octanol–water partition coefficient (Wildman–Crippen LogP) is 2.83. The van der Waals surface area contributed by atoms with Gasteiger partial charge in [-0.1, -0.05) is 30.3 Å². The molecule has 0 saturated heterocycles. The first-order chi connectivity index (χ1) is 6.14. The van der Waals surface area contributed by atoms with Crippen molar-refractivity contribution >= 4 is 7.60 Å². The van der Waals surface area contributed by atoms with Crippen LogP contribution in [-0.2, 0) is 20.2 Å². The fraction of sp³-hybridized carbons (Fsp3) is 0.222. The lowest BCUT2D eigenvalue weighted by molar-refractivity contribution is 0.233. The quantitative estimate of drug-likeness (QED) is 0.699. The molecule has 0 amide bonds. The molecule has 0 aliphatic rings. The average molecular weight is 199 g/mol. The summed E-state index contributed by atoms with van der Waals surface area (Å²) in [5.74, 6) is 0. The van der Waals surface area contributed by atoms with E-state index in [4.69, 9.17) is 4.52 Å². The summed E-state index contributed by atoms with van der Waals surface area (Å²) in [7, 11) is -1.77. The lowest BCUT2D eigenvalue weighted by Gasteiger charge is -2.10. The van der Waals surface area contributed by atoms with Crippen molar-refractivity contribution in [3.05, 3.63) is 42.6 Å². The van der Waals surface area contributed by atoms with E-state index in [1.807, 2.05) is 30.3 Å². The van der Waals surface area contributed by atoms with Gasteiger partial charge in [0.1, 0.15) is 0 Å². The topological polar surface area (TPSA) is 35.5 Å². The van der Waals surface area contributed by atoms with Gasteiger partial charge < -0.3 is 9.05 Å². The molecule has 1 atom stereocenters. The fourth-order valence-electron chi connectivity index (χ4n) is 0.800. The van der Waals surface area contributed by atoms with E-state index in [1.54, 1.807) is 0 Å². The molecule has 1 aromatic rings. The van der Waals surface area contributed by atoms with Crippen LogP contribution in [0.3, 0.4) is 0 Å². The summed E-state index contributed by atoms with van der Waals surface area (Å²) in [4.78, 5) is 0. The summed E-state index contributed by atoms with van der Waals surface area (Å²) in [6, 6.07) is 9.45. The van der Waals surface area contributed by atoms with E-state index >= 15 is 0 Å². The summed E-state index contributed by atoms with van der Waals surface area (Å²) in [6.45, 7) is 3.57. The maximum Gasteiger partial charge on any atom is 0.331 e. The minimum atomic E-state index is -3.09. The molecule has 3 nitrogen and oxygen atoms in total. The lowest BCUT2D eigenvalue weighted by Crippen LogP contribution is -1.90. The molecule has 0 heterocycles. The van der Waals surface area contributed by atoms with Crippen LogP contribution >= 0.6 is 7.60 Å². The molecule has 4 heteroatoms. The first-order valence-electron chi connectivity index (χ1n) is 3.83. The minimum absolute atomic E-state index is 0.259. The van der Waals surface area contributed by atoms with Crippen LogP contribution in [0.1, 0.15) is 5.56 Å². The third-order valence-electron chi connectivity index (χ3n) is 1.55. The molecule has 0 N–H and O–H groups in total. The van der Waals surface area contributed by atoms with Gasteiger partial charge in [0.25, 0.3) is 0 Å². The monoisotopic (exact) mass is 199 g/mol. The van der Waals surface area contributed by atoms with Gasteiger partial charge in [-0.05, 0) is 5.56 Å². The second-order valence-corrected chi connectivity index (χ2v) is 4.40. The van der Waals surface area contributed by atoms with Crippen LogP contribution in [0.25, 0.3) is 0 Å². The van der Waals surface area contributed by atoms with Crippen LogP contribution in [0.5, 0.6) is 0 Å². The van der Waals surface area contributed by atoms with E-state index < -0.39 is 7.60 Å². The Labute approximate surface area is 78.2 Å².